The molecule has 2 aromatic carbocycles. The van der Waals surface area contributed by atoms with Crippen molar-refractivity contribution in [3.05, 3.63) is 91.5 Å². The van der Waals surface area contributed by atoms with Crippen LogP contribution in [-0.4, -0.2) is 112 Å². The molecule has 5 atom stereocenters. The van der Waals surface area contributed by atoms with Gasteiger partial charge < -0.3 is 71.9 Å². The molecule has 4 aromatic rings. The zero-order valence-electron chi connectivity index (χ0n) is 44.8. The second-order valence-electron chi connectivity index (χ2n) is 20.2. The normalized spacial score (nSPS) is 16.9. The second-order valence-corrected chi connectivity index (χ2v) is 20.2. The van der Waals surface area contributed by atoms with Crippen molar-refractivity contribution < 1.29 is 72.0 Å². The Morgan fingerprint density at radius 3 is 2.36 bits per heavy atom. The highest BCUT2D eigenvalue weighted by Crippen LogP contribution is 2.46. The molecule has 4 heterocycles. The van der Waals surface area contributed by atoms with Gasteiger partial charge in [-0.05, 0) is 91.8 Å². The number of benzene rings is 2. The molecule has 26 heteroatoms. The summed E-state index contributed by atoms with van der Waals surface area (Å²) in [7, 11) is 0. The van der Waals surface area contributed by atoms with Crippen LogP contribution < -0.4 is 48.5 Å². The number of amides is 8. The molecule has 0 spiro atoms. The molecule has 8 amide bonds. The molecule has 3 aliphatic rings. The van der Waals surface area contributed by atoms with Gasteiger partial charge in [-0.25, -0.2) is 23.8 Å². The minimum Gasteiger partial charge on any atom is -0.481 e. The number of aromatic nitrogens is 2. The molecular weight excluding hydrogens is 1050 g/mol. The number of urea groups is 1. The molecule has 80 heavy (non-hydrogen) atoms. The molecule has 0 unspecified atom stereocenters. The fourth-order valence-corrected chi connectivity index (χ4v) is 9.89. The number of cyclic esters (lactones) is 1. The van der Waals surface area contributed by atoms with E-state index in [9.17, 15) is 53.1 Å². The SMILES string of the molecule is CC[C@@]1(O)C(=O)OCc2c1cc1n(c2=O)Cc2c-1nc1cc(F)c(C)c3c1c2[C@@H](NC(=O)COCNC(=O)CNC(=O)OCc1ccc(NC(=O)[C@H](CCCNC(N)=O)NC(=O)[C@@H](NC(=O)[C@@H](C)CCC(=O)O)C(C)C)cc1)CC3. The number of nitrogens with one attached hydrogen (secondary N) is 7. The number of anilines is 1. The number of esters is 1. The molecule has 11 N–H and O–H groups in total. The van der Waals surface area contributed by atoms with Crippen LogP contribution in [0.4, 0.5) is 19.7 Å². The van der Waals surface area contributed by atoms with E-state index in [1.54, 1.807) is 52.8 Å². The Hall–Kier alpha value is -8.52. The number of pyridine rings is 2. The molecule has 0 bridgehead atoms. The van der Waals surface area contributed by atoms with Crippen LogP contribution in [0.5, 0.6) is 0 Å². The number of alkyl carbamates (subject to hydrolysis) is 1. The van der Waals surface area contributed by atoms with E-state index in [-0.39, 0.29) is 69.5 Å². The monoisotopic (exact) mass is 1110 g/mol. The first kappa shape index (κ1) is 59.1. The van der Waals surface area contributed by atoms with Gasteiger partial charge in [-0.3, -0.25) is 33.6 Å². The Bertz CT molecular complexity index is 3190. The number of hydrogen-bond acceptors (Lipinski definition) is 15. The average Bonchev–Trinajstić information content (AvgIpc) is 3.82. The quantitative estimate of drug-likeness (QED) is 0.0240. The number of halogens is 1. The molecule has 0 saturated carbocycles. The van der Waals surface area contributed by atoms with Gasteiger partial charge in [0.15, 0.2) is 5.60 Å². The lowest BCUT2D eigenvalue weighted by molar-refractivity contribution is -0.172. The first-order chi connectivity index (χ1) is 38.0. The summed E-state index contributed by atoms with van der Waals surface area (Å²) in [5.74, 6) is -6.52. The Labute approximate surface area is 457 Å². The minimum atomic E-state index is -2.05. The molecule has 428 valence electrons. The summed E-state index contributed by atoms with van der Waals surface area (Å²) in [6, 6.07) is 5.46. The second kappa shape index (κ2) is 25.5. The van der Waals surface area contributed by atoms with Crippen LogP contribution >= 0.6 is 0 Å². The third kappa shape index (κ3) is 13.5. The van der Waals surface area contributed by atoms with Crippen LogP contribution in [0.25, 0.3) is 22.3 Å². The standard InChI is InChI=1S/C54H65FN10O15/c1-6-54(77)34-18-39-46-32(21-65(39)50(73)33(34)23-79-51(54)74)44-36(15-14-31-28(5)35(55)19-38(62-46)43(31)44)61-41(67)24-78-25-59-40(66)20-58-53(76)80-22-29-10-12-30(13-11-29)60-48(71)37(8-7-17-57-52(56)75)63-49(72)45(26(2)3)64-47(70)27(4)9-16-42(68)69/h10-13,18-19,26-27,36-37,45,77H,6-9,14-17,20-25H2,1-5H3,(H,58,76)(H,59,66)(H,60,71)(H,61,67)(H,63,72)(H,64,70)(H,68,69)(H3,56,57,75)/t27-,36-,37-,45-,54-/m0/s1. The van der Waals surface area contributed by atoms with E-state index < -0.39 is 120 Å². The minimum absolute atomic E-state index is 0.0514. The lowest BCUT2D eigenvalue weighted by atomic mass is 9.81. The number of nitrogens with two attached hydrogens (primary N) is 1. The Kier molecular flexibility index (Phi) is 18.9. The van der Waals surface area contributed by atoms with Crippen LogP contribution in [0.15, 0.2) is 41.2 Å². The fourth-order valence-electron chi connectivity index (χ4n) is 9.89. The summed E-state index contributed by atoms with van der Waals surface area (Å²) >= 11 is 0. The van der Waals surface area contributed by atoms with Gasteiger partial charge in [0.25, 0.3) is 5.56 Å². The van der Waals surface area contributed by atoms with E-state index in [2.05, 4.69) is 37.2 Å². The molecule has 2 aliphatic heterocycles. The van der Waals surface area contributed by atoms with E-state index in [1.165, 1.54) is 22.8 Å². The highest BCUT2D eigenvalue weighted by Gasteiger charge is 2.46. The first-order valence-corrected chi connectivity index (χ1v) is 26.1. The van der Waals surface area contributed by atoms with Gasteiger partial charge in [0.1, 0.15) is 51.0 Å². The third-order valence-corrected chi connectivity index (χ3v) is 14.4. The van der Waals surface area contributed by atoms with E-state index >= 15 is 4.39 Å². The third-order valence-electron chi connectivity index (χ3n) is 14.4. The maximum atomic E-state index is 15.3. The van der Waals surface area contributed by atoms with Gasteiger partial charge >= 0.3 is 24.1 Å². The molecular formula is C54H65FN10O15. The first-order valence-electron chi connectivity index (χ1n) is 26.1. The van der Waals surface area contributed by atoms with Gasteiger partial charge in [0, 0.05) is 47.2 Å². The number of fused-ring (bicyclic) bond motifs is 5. The number of carbonyl (C=O) groups is 9. The number of primary amides is 1. The van der Waals surface area contributed by atoms with E-state index in [0.717, 1.165) is 5.56 Å². The van der Waals surface area contributed by atoms with E-state index in [1.807, 2.05) is 0 Å². The van der Waals surface area contributed by atoms with Crippen molar-refractivity contribution in [3.63, 3.8) is 0 Å². The zero-order chi connectivity index (χ0) is 58.2. The van der Waals surface area contributed by atoms with Gasteiger partial charge in [0.2, 0.25) is 29.5 Å². The Morgan fingerprint density at radius 2 is 1.68 bits per heavy atom. The van der Waals surface area contributed by atoms with Gasteiger partial charge in [-0.15, -0.1) is 0 Å². The number of hydrogen-bond donors (Lipinski definition) is 10. The molecule has 25 nitrogen and oxygen atoms in total. The lowest BCUT2D eigenvalue weighted by Crippen LogP contribution is -2.55. The number of nitrogens with zero attached hydrogens (tertiary/aromatic N) is 2. The van der Waals surface area contributed by atoms with Crippen molar-refractivity contribution in [3.8, 4) is 11.4 Å². The molecule has 0 fully saturated rings. The highest BCUT2D eigenvalue weighted by molar-refractivity contribution is 5.99. The number of rotatable bonds is 24. The summed E-state index contributed by atoms with van der Waals surface area (Å²) in [6.45, 7) is 6.42. The van der Waals surface area contributed by atoms with Crippen LogP contribution in [0.1, 0.15) is 111 Å². The van der Waals surface area contributed by atoms with Crippen molar-refractivity contribution in [2.24, 2.45) is 17.6 Å². The largest absolute Gasteiger partial charge is 0.481 e. The molecule has 7 rings (SSSR count). The predicted octanol–water partition coefficient (Wildman–Crippen LogP) is 2.16. The van der Waals surface area contributed by atoms with Crippen LogP contribution in [0, 0.1) is 24.6 Å². The lowest BCUT2D eigenvalue weighted by Gasteiger charge is -2.31. The van der Waals surface area contributed by atoms with Crippen LogP contribution in [0.3, 0.4) is 0 Å². The number of carbonyl (C=O) groups excluding carboxylic acids is 8. The van der Waals surface area contributed by atoms with Crippen LogP contribution in [-0.2, 0) is 79.6 Å². The van der Waals surface area contributed by atoms with Crippen molar-refractivity contribution in [2.75, 3.05) is 31.7 Å². The predicted molar refractivity (Wildman–Crippen MR) is 282 cm³/mol. The molecule has 0 radical (unpaired) electrons. The number of ether oxygens (including phenoxy) is 3. The number of carboxylic acids is 1. The number of carboxylic acid groups (broad SMARTS) is 1. The topological polar surface area (TPSA) is 367 Å². The Balaban J connectivity index is 0.874. The Morgan fingerprint density at radius 1 is 0.938 bits per heavy atom. The fraction of sp³-hybridized carbons (Fsp3) is 0.463. The van der Waals surface area contributed by atoms with Gasteiger partial charge in [-0.1, -0.05) is 39.8 Å². The highest BCUT2D eigenvalue weighted by atomic mass is 19.1. The zero-order valence-corrected chi connectivity index (χ0v) is 44.8. The van der Waals surface area contributed by atoms with Crippen LogP contribution in [0.2, 0.25) is 0 Å². The van der Waals surface area contributed by atoms with E-state index in [0.29, 0.717) is 63.1 Å². The summed E-state index contributed by atoms with van der Waals surface area (Å²) < 4.78 is 32.7. The summed E-state index contributed by atoms with van der Waals surface area (Å²) in [6.07, 6.45) is -0.0831. The van der Waals surface area contributed by atoms with E-state index in [4.69, 9.17) is 30.0 Å². The number of aliphatic hydroxyl groups is 1. The maximum absolute atomic E-state index is 15.3. The summed E-state index contributed by atoms with van der Waals surface area (Å²) in [5.41, 5.74) is 7.13. The van der Waals surface area contributed by atoms with Gasteiger partial charge in [0.05, 0.1) is 35.1 Å². The molecule has 2 aromatic heterocycles. The molecule has 0 saturated heterocycles. The van der Waals surface area contributed by atoms with Crippen molar-refractivity contribution in [1.29, 1.82) is 0 Å². The molecule has 1 aliphatic carbocycles. The van der Waals surface area contributed by atoms with Gasteiger partial charge in [-0.2, -0.15) is 0 Å². The van der Waals surface area contributed by atoms with Crippen molar-refractivity contribution in [1.82, 2.24) is 41.5 Å². The summed E-state index contributed by atoms with van der Waals surface area (Å²) in [5, 5.41) is 39.2. The van der Waals surface area contributed by atoms with Crippen molar-refractivity contribution in [2.45, 2.75) is 123 Å². The summed E-state index contributed by atoms with van der Waals surface area (Å²) in [4.78, 5) is 132. The smallest absolute Gasteiger partial charge is 0.407 e. The van der Waals surface area contributed by atoms with Crippen molar-refractivity contribution >= 4 is 70.2 Å². The maximum Gasteiger partial charge on any atom is 0.407 e. The number of aryl methyl sites for hydroxylation is 1. The number of aliphatic carboxylic acids is 1. The average molecular weight is 1110 g/mol.